The summed E-state index contributed by atoms with van der Waals surface area (Å²) >= 11 is 0. The van der Waals surface area contributed by atoms with Crippen LogP contribution in [0.3, 0.4) is 0 Å². The molecule has 0 saturated heterocycles. The summed E-state index contributed by atoms with van der Waals surface area (Å²) < 4.78 is 0. The minimum Gasteiger partial charge on any atom is -0.245 e. The van der Waals surface area contributed by atoms with Crippen LogP contribution in [0.5, 0.6) is 0 Å². The zero-order valence-electron chi connectivity index (χ0n) is 28.0. The van der Waals surface area contributed by atoms with Crippen LogP contribution in [0.25, 0.3) is 89.4 Å². The van der Waals surface area contributed by atoms with Crippen LogP contribution >= 0.6 is 0 Å². The van der Waals surface area contributed by atoms with E-state index in [1.165, 1.54) is 16.7 Å². The van der Waals surface area contributed by atoms with E-state index in [1.807, 2.05) is 42.5 Å². The molecule has 0 amide bonds. The van der Waals surface area contributed by atoms with Crippen LogP contribution in [0.1, 0.15) is 5.56 Å². The zero-order valence-corrected chi connectivity index (χ0v) is 28.0. The Morgan fingerprint density at radius 3 is 1.35 bits per heavy atom. The molecule has 4 nitrogen and oxygen atoms in total. The third-order valence-electron chi connectivity index (χ3n) is 9.44. The topological polar surface area (TPSA) is 51.6 Å². The molecule has 0 atom stereocenters. The molecule has 0 bridgehead atoms. The first-order chi connectivity index (χ1) is 25.2. The molecule has 9 rings (SSSR count). The Bertz CT molecular complexity index is 2650. The summed E-state index contributed by atoms with van der Waals surface area (Å²) in [6.07, 6.45) is 0. The van der Waals surface area contributed by atoms with Crippen LogP contribution < -0.4 is 0 Å². The van der Waals surface area contributed by atoms with Crippen molar-refractivity contribution in [3.63, 3.8) is 0 Å². The standard InChI is InChI=1S/C47H32N4/c1-31-29-42(34-13-7-3-8-14-34)49-46-40(31)27-25-38-26-28-41(48-45(38)46)35-21-23-37(24-22-35)44-30-43(50-47(51-44)39-15-9-4-10-16-39)36-19-17-33(18-20-36)32-11-5-2-6-12-32/h2-30H,1H3. The number of fused-ring (bicyclic) bond motifs is 3. The number of rotatable bonds is 6. The van der Waals surface area contributed by atoms with E-state index in [1.54, 1.807) is 0 Å². The summed E-state index contributed by atoms with van der Waals surface area (Å²) in [7, 11) is 0. The van der Waals surface area contributed by atoms with E-state index in [4.69, 9.17) is 19.9 Å². The Morgan fingerprint density at radius 1 is 0.314 bits per heavy atom. The van der Waals surface area contributed by atoms with Gasteiger partial charge in [-0.05, 0) is 41.8 Å². The van der Waals surface area contributed by atoms with E-state index < -0.39 is 0 Å². The number of hydrogen-bond donors (Lipinski definition) is 0. The van der Waals surface area contributed by atoms with Crippen molar-refractivity contribution < 1.29 is 0 Å². The molecule has 0 radical (unpaired) electrons. The minimum absolute atomic E-state index is 0.694. The lowest BCUT2D eigenvalue weighted by molar-refractivity contribution is 1.18. The van der Waals surface area contributed by atoms with Gasteiger partial charge in [-0.25, -0.2) is 19.9 Å². The molecular formula is C47H32N4. The molecule has 0 fully saturated rings. The van der Waals surface area contributed by atoms with Crippen molar-refractivity contribution in [2.45, 2.75) is 6.92 Å². The van der Waals surface area contributed by atoms with E-state index in [9.17, 15) is 0 Å². The quantitative estimate of drug-likeness (QED) is 0.168. The SMILES string of the molecule is Cc1cc(-c2ccccc2)nc2c1ccc1ccc(-c3ccc(-c4cc(-c5ccc(-c6ccccc6)cc5)nc(-c5ccccc5)n4)cc3)nc12. The Balaban J connectivity index is 1.09. The maximum atomic E-state index is 5.20. The highest BCUT2D eigenvalue weighted by atomic mass is 14.9. The molecule has 240 valence electrons. The highest BCUT2D eigenvalue weighted by molar-refractivity contribution is 6.05. The second-order valence-corrected chi connectivity index (χ2v) is 12.8. The predicted molar refractivity (Wildman–Crippen MR) is 210 cm³/mol. The molecule has 0 spiro atoms. The van der Waals surface area contributed by atoms with Gasteiger partial charge in [-0.15, -0.1) is 0 Å². The molecule has 6 aromatic carbocycles. The maximum absolute atomic E-state index is 5.20. The van der Waals surface area contributed by atoms with Crippen molar-refractivity contribution in [2.75, 3.05) is 0 Å². The zero-order chi connectivity index (χ0) is 34.1. The Morgan fingerprint density at radius 2 is 0.745 bits per heavy atom. The average Bonchev–Trinajstić information content (AvgIpc) is 3.21. The van der Waals surface area contributed by atoms with Gasteiger partial charge in [0.2, 0.25) is 0 Å². The van der Waals surface area contributed by atoms with Gasteiger partial charge in [-0.1, -0.05) is 158 Å². The van der Waals surface area contributed by atoms with Gasteiger partial charge in [0, 0.05) is 38.6 Å². The number of nitrogens with zero attached hydrogens (tertiary/aromatic N) is 4. The predicted octanol–water partition coefficient (Wildman–Crippen LogP) is 11.9. The lowest BCUT2D eigenvalue weighted by atomic mass is 10.0. The number of benzene rings is 6. The van der Waals surface area contributed by atoms with Crippen LogP contribution in [-0.4, -0.2) is 19.9 Å². The third-order valence-corrected chi connectivity index (χ3v) is 9.44. The second kappa shape index (κ2) is 12.9. The fourth-order valence-electron chi connectivity index (χ4n) is 6.69. The van der Waals surface area contributed by atoms with Gasteiger partial charge < -0.3 is 0 Å². The molecular weight excluding hydrogens is 621 g/mol. The first-order valence-corrected chi connectivity index (χ1v) is 17.1. The van der Waals surface area contributed by atoms with E-state index >= 15 is 0 Å². The van der Waals surface area contributed by atoms with Crippen LogP contribution in [-0.2, 0) is 0 Å². The van der Waals surface area contributed by atoms with Crippen molar-refractivity contribution in [3.8, 4) is 67.5 Å². The smallest absolute Gasteiger partial charge is 0.160 e. The van der Waals surface area contributed by atoms with Gasteiger partial charge in [-0.3, -0.25) is 0 Å². The fourth-order valence-corrected chi connectivity index (χ4v) is 6.69. The van der Waals surface area contributed by atoms with E-state index in [0.717, 1.165) is 72.4 Å². The third kappa shape index (κ3) is 5.94. The minimum atomic E-state index is 0.694. The van der Waals surface area contributed by atoms with Gasteiger partial charge in [0.25, 0.3) is 0 Å². The van der Waals surface area contributed by atoms with Crippen LogP contribution in [0.2, 0.25) is 0 Å². The van der Waals surface area contributed by atoms with E-state index in [2.05, 4.69) is 140 Å². The number of hydrogen-bond acceptors (Lipinski definition) is 4. The summed E-state index contributed by atoms with van der Waals surface area (Å²) in [6.45, 7) is 2.15. The molecule has 3 heterocycles. The summed E-state index contributed by atoms with van der Waals surface area (Å²) in [5, 5.41) is 2.18. The van der Waals surface area contributed by atoms with Gasteiger partial charge in [0.05, 0.1) is 33.8 Å². The highest BCUT2D eigenvalue weighted by Crippen LogP contribution is 2.33. The fraction of sp³-hybridized carbons (Fsp3) is 0.0213. The Hall–Kier alpha value is -6.78. The highest BCUT2D eigenvalue weighted by Gasteiger charge is 2.14. The molecule has 4 heteroatoms. The molecule has 9 aromatic rings. The maximum Gasteiger partial charge on any atom is 0.160 e. The summed E-state index contributed by atoms with van der Waals surface area (Å²) in [5.74, 6) is 0.694. The van der Waals surface area contributed by atoms with Gasteiger partial charge in [0.15, 0.2) is 5.82 Å². The van der Waals surface area contributed by atoms with Crippen LogP contribution in [0.15, 0.2) is 176 Å². The van der Waals surface area contributed by atoms with Gasteiger partial charge >= 0.3 is 0 Å². The number of aryl methyl sites for hydroxylation is 1. The molecule has 51 heavy (non-hydrogen) atoms. The normalized spacial score (nSPS) is 11.2. The van der Waals surface area contributed by atoms with Crippen molar-refractivity contribution in [1.82, 2.24) is 19.9 Å². The van der Waals surface area contributed by atoms with Gasteiger partial charge in [0.1, 0.15) is 0 Å². The van der Waals surface area contributed by atoms with Crippen molar-refractivity contribution in [1.29, 1.82) is 0 Å². The average molecular weight is 653 g/mol. The van der Waals surface area contributed by atoms with Crippen molar-refractivity contribution >= 4 is 21.8 Å². The Labute approximate surface area is 296 Å². The largest absolute Gasteiger partial charge is 0.245 e. The summed E-state index contributed by atoms with van der Waals surface area (Å²) in [6, 6.07) is 60.8. The molecule has 0 aliphatic heterocycles. The van der Waals surface area contributed by atoms with Crippen molar-refractivity contribution in [3.05, 3.63) is 181 Å². The van der Waals surface area contributed by atoms with Gasteiger partial charge in [-0.2, -0.15) is 0 Å². The first-order valence-electron chi connectivity index (χ1n) is 17.1. The monoisotopic (exact) mass is 652 g/mol. The molecule has 0 unspecified atom stereocenters. The Kier molecular flexibility index (Phi) is 7.67. The molecule has 3 aromatic heterocycles. The molecule has 0 aliphatic rings. The molecule has 0 N–H and O–H groups in total. The molecule has 0 aliphatic carbocycles. The van der Waals surface area contributed by atoms with E-state index in [0.29, 0.717) is 5.82 Å². The second-order valence-electron chi connectivity index (χ2n) is 12.8. The summed E-state index contributed by atoms with van der Waals surface area (Å²) in [5.41, 5.74) is 14.1. The van der Waals surface area contributed by atoms with E-state index in [-0.39, 0.29) is 0 Å². The lowest BCUT2D eigenvalue weighted by Crippen LogP contribution is -1.96. The van der Waals surface area contributed by atoms with Crippen LogP contribution in [0.4, 0.5) is 0 Å². The van der Waals surface area contributed by atoms with Crippen LogP contribution in [0, 0.1) is 6.92 Å². The molecule has 0 saturated carbocycles. The van der Waals surface area contributed by atoms with Crippen molar-refractivity contribution in [2.24, 2.45) is 0 Å². The lowest BCUT2D eigenvalue weighted by Gasteiger charge is -2.11. The first kappa shape index (κ1) is 30.3. The summed E-state index contributed by atoms with van der Waals surface area (Å²) in [4.78, 5) is 20.4. The number of aromatic nitrogens is 4. The number of pyridine rings is 2.